The van der Waals surface area contributed by atoms with Crippen LogP contribution in [0.1, 0.15) is 24.2 Å². The van der Waals surface area contributed by atoms with Crippen molar-refractivity contribution in [2.75, 3.05) is 6.61 Å². The standard InChI is InChI=1S/C14H15N3O2/c1-2-17-14(15-9-16-17)7-12(18)11-8-19-13-6-4-3-5-10(11)13/h3-6,9,11H,2,7-8H2,1H3. The van der Waals surface area contributed by atoms with E-state index in [1.54, 1.807) is 4.68 Å². The zero-order valence-corrected chi connectivity index (χ0v) is 10.7. The van der Waals surface area contributed by atoms with Gasteiger partial charge in [-0.15, -0.1) is 0 Å². The number of para-hydroxylation sites is 1. The minimum absolute atomic E-state index is 0.132. The van der Waals surface area contributed by atoms with E-state index in [4.69, 9.17) is 4.74 Å². The summed E-state index contributed by atoms with van der Waals surface area (Å²) in [5.41, 5.74) is 0.982. The first kappa shape index (κ1) is 11.9. The smallest absolute Gasteiger partial charge is 0.151 e. The fourth-order valence-corrected chi connectivity index (χ4v) is 2.40. The van der Waals surface area contributed by atoms with Crippen molar-refractivity contribution in [2.45, 2.75) is 25.8 Å². The maximum atomic E-state index is 12.4. The van der Waals surface area contributed by atoms with Crippen molar-refractivity contribution < 1.29 is 9.53 Å². The van der Waals surface area contributed by atoms with Crippen molar-refractivity contribution in [3.8, 4) is 5.75 Å². The highest BCUT2D eigenvalue weighted by Crippen LogP contribution is 2.34. The van der Waals surface area contributed by atoms with Gasteiger partial charge in [0, 0.05) is 12.1 Å². The number of carbonyl (C=O) groups excluding carboxylic acids is 1. The van der Waals surface area contributed by atoms with Crippen LogP contribution in [0.3, 0.4) is 0 Å². The molecule has 0 saturated carbocycles. The van der Waals surface area contributed by atoms with E-state index in [0.717, 1.165) is 23.7 Å². The van der Waals surface area contributed by atoms with E-state index in [9.17, 15) is 4.79 Å². The van der Waals surface area contributed by atoms with Gasteiger partial charge in [-0.3, -0.25) is 4.79 Å². The van der Waals surface area contributed by atoms with Crippen LogP contribution in [-0.2, 0) is 17.8 Å². The second-order valence-electron chi connectivity index (χ2n) is 4.54. The van der Waals surface area contributed by atoms with E-state index >= 15 is 0 Å². The minimum Gasteiger partial charge on any atom is -0.492 e. The van der Waals surface area contributed by atoms with Crippen LogP contribution >= 0.6 is 0 Å². The zero-order chi connectivity index (χ0) is 13.2. The zero-order valence-electron chi connectivity index (χ0n) is 10.7. The number of nitrogens with zero attached hydrogens (tertiary/aromatic N) is 3. The summed E-state index contributed by atoms with van der Waals surface area (Å²) in [6.45, 7) is 3.13. The number of aromatic nitrogens is 3. The number of ether oxygens (including phenoxy) is 1. The van der Waals surface area contributed by atoms with Gasteiger partial charge in [0.15, 0.2) is 5.78 Å². The van der Waals surface area contributed by atoms with Crippen molar-refractivity contribution in [1.29, 1.82) is 0 Å². The lowest BCUT2D eigenvalue weighted by Gasteiger charge is -2.08. The highest BCUT2D eigenvalue weighted by molar-refractivity contribution is 5.88. The molecule has 5 heteroatoms. The second kappa shape index (κ2) is 4.84. The van der Waals surface area contributed by atoms with Gasteiger partial charge in [0.2, 0.25) is 0 Å². The first-order valence-electron chi connectivity index (χ1n) is 6.40. The number of hydrogen-bond acceptors (Lipinski definition) is 4. The molecule has 0 N–H and O–H groups in total. The first-order chi connectivity index (χ1) is 9.29. The van der Waals surface area contributed by atoms with Gasteiger partial charge in [-0.05, 0) is 13.0 Å². The van der Waals surface area contributed by atoms with Crippen LogP contribution in [0.2, 0.25) is 0 Å². The quantitative estimate of drug-likeness (QED) is 0.834. The molecule has 0 radical (unpaired) electrons. The van der Waals surface area contributed by atoms with Crippen LogP contribution in [0.4, 0.5) is 0 Å². The summed E-state index contributed by atoms with van der Waals surface area (Å²) in [4.78, 5) is 16.5. The van der Waals surface area contributed by atoms with E-state index in [1.807, 2.05) is 31.2 Å². The Kier molecular flexibility index (Phi) is 3.03. The summed E-state index contributed by atoms with van der Waals surface area (Å²) in [5.74, 6) is 1.49. The number of carbonyl (C=O) groups is 1. The topological polar surface area (TPSA) is 57.0 Å². The Bertz CT molecular complexity index is 606. The SMILES string of the molecule is CCn1ncnc1CC(=O)C1COc2ccccc21. The molecular weight excluding hydrogens is 242 g/mol. The molecular formula is C14H15N3O2. The fourth-order valence-electron chi connectivity index (χ4n) is 2.40. The Hall–Kier alpha value is -2.17. The third kappa shape index (κ3) is 2.12. The molecule has 2 aromatic rings. The Morgan fingerprint density at radius 1 is 1.47 bits per heavy atom. The summed E-state index contributed by atoms with van der Waals surface area (Å²) in [7, 11) is 0. The summed E-state index contributed by atoms with van der Waals surface area (Å²) < 4.78 is 7.29. The van der Waals surface area contributed by atoms with Gasteiger partial charge in [-0.25, -0.2) is 9.67 Å². The highest BCUT2D eigenvalue weighted by atomic mass is 16.5. The Morgan fingerprint density at radius 2 is 2.32 bits per heavy atom. The van der Waals surface area contributed by atoms with Gasteiger partial charge in [0.05, 0.1) is 12.3 Å². The van der Waals surface area contributed by atoms with E-state index < -0.39 is 0 Å². The lowest BCUT2D eigenvalue weighted by atomic mass is 9.95. The number of aryl methyl sites for hydroxylation is 1. The molecule has 98 valence electrons. The first-order valence-corrected chi connectivity index (χ1v) is 6.40. The molecule has 1 aromatic heterocycles. The Labute approximate surface area is 111 Å². The van der Waals surface area contributed by atoms with Crippen LogP contribution in [0, 0.1) is 0 Å². The van der Waals surface area contributed by atoms with Crippen LogP contribution in [0.25, 0.3) is 0 Å². The predicted molar refractivity (Wildman–Crippen MR) is 69.1 cm³/mol. The third-order valence-electron chi connectivity index (χ3n) is 3.42. The lowest BCUT2D eigenvalue weighted by molar-refractivity contribution is -0.120. The lowest BCUT2D eigenvalue weighted by Crippen LogP contribution is -2.19. The van der Waals surface area contributed by atoms with E-state index in [0.29, 0.717) is 13.0 Å². The van der Waals surface area contributed by atoms with Gasteiger partial charge in [-0.1, -0.05) is 18.2 Å². The van der Waals surface area contributed by atoms with Crippen LogP contribution in [0.5, 0.6) is 5.75 Å². The molecule has 1 unspecified atom stereocenters. The summed E-state index contributed by atoms with van der Waals surface area (Å²) in [5, 5.41) is 4.08. The molecule has 0 saturated heterocycles. The molecule has 19 heavy (non-hydrogen) atoms. The fraction of sp³-hybridized carbons (Fsp3) is 0.357. The maximum absolute atomic E-state index is 12.4. The molecule has 0 fully saturated rings. The second-order valence-corrected chi connectivity index (χ2v) is 4.54. The monoisotopic (exact) mass is 257 g/mol. The maximum Gasteiger partial charge on any atom is 0.151 e. The predicted octanol–water partition coefficient (Wildman–Crippen LogP) is 1.59. The van der Waals surface area contributed by atoms with Crippen molar-refractivity contribution in [2.24, 2.45) is 0 Å². The normalized spacial score (nSPS) is 17.0. The molecule has 1 aromatic carbocycles. The van der Waals surface area contributed by atoms with Gasteiger partial charge >= 0.3 is 0 Å². The highest BCUT2D eigenvalue weighted by Gasteiger charge is 2.30. The summed E-state index contributed by atoms with van der Waals surface area (Å²) in [6.07, 6.45) is 1.79. The molecule has 0 amide bonds. The average molecular weight is 257 g/mol. The molecule has 5 nitrogen and oxygen atoms in total. The summed E-state index contributed by atoms with van der Waals surface area (Å²) >= 11 is 0. The van der Waals surface area contributed by atoms with Gasteiger partial charge in [0.25, 0.3) is 0 Å². The molecule has 0 aliphatic carbocycles. The van der Waals surface area contributed by atoms with Crippen molar-refractivity contribution in [1.82, 2.24) is 14.8 Å². The minimum atomic E-state index is -0.182. The average Bonchev–Trinajstić information content (AvgIpc) is 3.04. The number of hydrogen-bond donors (Lipinski definition) is 0. The number of fused-ring (bicyclic) bond motifs is 1. The number of rotatable bonds is 4. The Balaban J connectivity index is 1.79. The van der Waals surface area contributed by atoms with Crippen molar-refractivity contribution >= 4 is 5.78 Å². The molecule has 0 spiro atoms. The van der Waals surface area contributed by atoms with E-state index in [2.05, 4.69) is 10.1 Å². The van der Waals surface area contributed by atoms with Crippen molar-refractivity contribution in [3.63, 3.8) is 0 Å². The molecule has 3 rings (SSSR count). The molecule has 1 aliphatic heterocycles. The third-order valence-corrected chi connectivity index (χ3v) is 3.42. The van der Waals surface area contributed by atoms with E-state index in [-0.39, 0.29) is 11.7 Å². The molecule has 1 atom stereocenters. The molecule has 0 bridgehead atoms. The number of ketones is 1. The number of benzene rings is 1. The van der Waals surface area contributed by atoms with Gasteiger partial charge in [-0.2, -0.15) is 5.10 Å². The van der Waals surface area contributed by atoms with Crippen LogP contribution in [-0.4, -0.2) is 27.2 Å². The van der Waals surface area contributed by atoms with Crippen LogP contribution < -0.4 is 4.74 Å². The van der Waals surface area contributed by atoms with Gasteiger partial charge in [0.1, 0.15) is 24.5 Å². The largest absolute Gasteiger partial charge is 0.492 e. The molecule has 1 aliphatic rings. The van der Waals surface area contributed by atoms with Crippen LogP contribution in [0.15, 0.2) is 30.6 Å². The molecule has 2 heterocycles. The Morgan fingerprint density at radius 3 is 3.16 bits per heavy atom. The van der Waals surface area contributed by atoms with Crippen molar-refractivity contribution in [3.05, 3.63) is 42.0 Å². The number of Topliss-reactive ketones (excluding diaryl/α,β-unsaturated/α-hetero) is 1. The van der Waals surface area contributed by atoms with E-state index in [1.165, 1.54) is 6.33 Å². The van der Waals surface area contributed by atoms with Gasteiger partial charge < -0.3 is 4.74 Å². The summed E-state index contributed by atoms with van der Waals surface area (Å²) in [6, 6.07) is 7.70.